The molecule has 112 valence electrons. The minimum Gasteiger partial charge on any atom is -0.376 e. The van der Waals surface area contributed by atoms with Gasteiger partial charge >= 0.3 is 0 Å². The fourth-order valence-corrected chi connectivity index (χ4v) is 3.86. The second kappa shape index (κ2) is 6.11. The molecule has 0 bridgehead atoms. The molecule has 3 nitrogen and oxygen atoms in total. The van der Waals surface area contributed by atoms with E-state index in [4.69, 9.17) is 10.5 Å². The zero-order chi connectivity index (χ0) is 14.0. The average molecular weight is 268 g/mol. The third-order valence-electron chi connectivity index (χ3n) is 5.23. The van der Waals surface area contributed by atoms with Crippen LogP contribution in [0.15, 0.2) is 0 Å². The van der Waals surface area contributed by atoms with Gasteiger partial charge in [-0.25, -0.2) is 0 Å². The quantitative estimate of drug-likeness (QED) is 0.836. The molecule has 2 N–H and O–H groups in total. The average Bonchev–Trinajstić information content (AvgIpc) is 2.37. The van der Waals surface area contributed by atoms with Crippen LogP contribution in [0.3, 0.4) is 0 Å². The van der Waals surface area contributed by atoms with Crippen LogP contribution in [0.2, 0.25) is 0 Å². The second-order valence-corrected chi connectivity index (χ2v) is 7.62. The molecule has 4 unspecified atom stereocenters. The molecule has 19 heavy (non-hydrogen) atoms. The molecule has 0 aromatic heterocycles. The van der Waals surface area contributed by atoms with E-state index in [0.717, 1.165) is 32.2 Å². The van der Waals surface area contributed by atoms with Crippen molar-refractivity contribution in [1.29, 1.82) is 0 Å². The number of hydrogen-bond acceptors (Lipinski definition) is 3. The zero-order valence-electron chi connectivity index (χ0n) is 13.2. The summed E-state index contributed by atoms with van der Waals surface area (Å²) in [5.74, 6) is 1.52. The van der Waals surface area contributed by atoms with Crippen molar-refractivity contribution >= 4 is 0 Å². The Balaban J connectivity index is 2.05. The van der Waals surface area contributed by atoms with Crippen LogP contribution in [0, 0.1) is 17.3 Å². The van der Waals surface area contributed by atoms with Crippen molar-refractivity contribution in [3.05, 3.63) is 0 Å². The van der Waals surface area contributed by atoms with Crippen LogP contribution in [0.1, 0.15) is 47.0 Å². The zero-order valence-corrected chi connectivity index (χ0v) is 13.2. The van der Waals surface area contributed by atoms with Gasteiger partial charge < -0.3 is 10.5 Å². The van der Waals surface area contributed by atoms with Crippen molar-refractivity contribution in [2.75, 3.05) is 26.2 Å². The summed E-state index contributed by atoms with van der Waals surface area (Å²) in [6, 6.07) is 0.675. The Bertz CT molecular complexity index is 287. The van der Waals surface area contributed by atoms with Gasteiger partial charge in [-0.2, -0.15) is 0 Å². The monoisotopic (exact) mass is 268 g/mol. The van der Waals surface area contributed by atoms with Gasteiger partial charge in [-0.05, 0) is 50.0 Å². The molecule has 1 saturated carbocycles. The van der Waals surface area contributed by atoms with E-state index in [0.29, 0.717) is 23.5 Å². The number of ether oxygens (including phenoxy) is 1. The summed E-state index contributed by atoms with van der Waals surface area (Å²) in [6.45, 7) is 13.2. The number of hydrogen-bond donors (Lipinski definition) is 1. The lowest BCUT2D eigenvalue weighted by Crippen LogP contribution is -2.53. The van der Waals surface area contributed by atoms with Crippen molar-refractivity contribution < 1.29 is 4.74 Å². The van der Waals surface area contributed by atoms with E-state index in [1.165, 1.54) is 19.3 Å². The number of nitrogens with two attached hydrogens (primary N) is 1. The van der Waals surface area contributed by atoms with E-state index in [2.05, 4.69) is 32.6 Å². The number of morpholine rings is 1. The summed E-state index contributed by atoms with van der Waals surface area (Å²) in [4.78, 5) is 2.66. The van der Waals surface area contributed by atoms with E-state index in [1.807, 2.05) is 0 Å². The molecule has 0 aromatic rings. The first kappa shape index (κ1) is 15.3. The predicted octanol–water partition coefficient (Wildman–Crippen LogP) is 2.50. The molecular weight excluding hydrogens is 236 g/mol. The van der Waals surface area contributed by atoms with Gasteiger partial charge in [0.1, 0.15) is 0 Å². The standard InChI is InChI=1S/C16H32N2O/c1-12-11-18(7-8-19-12)15-9-14(16(2,3)4)6-5-13(15)10-17/h12-15H,5-11,17H2,1-4H3. The molecule has 1 aliphatic carbocycles. The van der Waals surface area contributed by atoms with E-state index in [9.17, 15) is 0 Å². The number of nitrogens with zero attached hydrogens (tertiary/aromatic N) is 1. The van der Waals surface area contributed by atoms with Gasteiger partial charge in [0.25, 0.3) is 0 Å². The van der Waals surface area contributed by atoms with Crippen LogP contribution in [0.4, 0.5) is 0 Å². The van der Waals surface area contributed by atoms with E-state index < -0.39 is 0 Å². The summed E-state index contributed by atoms with van der Waals surface area (Å²) in [6.07, 6.45) is 4.34. The van der Waals surface area contributed by atoms with Crippen molar-refractivity contribution in [1.82, 2.24) is 4.90 Å². The number of rotatable bonds is 2. The van der Waals surface area contributed by atoms with Crippen molar-refractivity contribution in [3.8, 4) is 0 Å². The highest BCUT2D eigenvalue weighted by Crippen LogP contribution is 2.41. The fourth-order valence-electron chi connectivity index (χ4n) is 3.86. The molecule has 1 heterocycles. The van der Waals surface area contributed by atoms with Crippen LogP contribution in [-0.4, -0.2) is 43.3 Å². The maximum atomic E-state index is 6.03. The summed E-state index contributed by atoms with van der Waals surface area (Å²) in [5, 5.41) is 0. The second-order valence-electron chi connectivity index (χ2n) is 7.62. The lowest BCUT2D eigenvalue weighted by molar-refractivity contribution is -0.0593. The summed E-state index contributed by atoms with van der Waals surface area (Å²) in [5.41, 5.74) is 6.46. The van der Waals surface area contributed by atoms with Gasteiger partial charge in [0.05, 0.1) is 12.7 Å². The van der Waals surface area contributed by atoms with Crippen LogP contribution in [0.5, 0.6) is 0 Å². The van der Waals surface area contributed by atoms with Crippen LogP contribution in [0.25, 0.3) is 0 Å². The van der Waals surface area contributed by atoms with Gasteiger partial charge in [-0.1, -0.05) is 20.8 Å². The lowest BCUT2D eigenvalue weighted by atomic mass is 9.67. The lowest BCUT2D eigenvalue weighted by Gasteiger charge is -2.47. The summed E-state index contributed by atoms with van der Waals surface area (Å²) >= 11 is 0. The Morgan fingerprint density at radius 2 is 2.00 bits per heavy atom. The third-order valence-corrected chi connectivity index (χ3v) is 5.23. The molecule has 2 aliphatic rings. The smallest absolute Gasteiger partial charge is 0.0674 e. The van der Waals surface area contributed by atoms with Crippen LogP contribution in [-0.2, 0) is 4.74 Å². The Kier molecular flexibility index (Phi) is 4.91. The van der Waals surface area contributed by atoms with E-state index in [1.54, 1.807) is 0 Å². The molecule has 0 spiro atoms. The first-order chi connectivity index (χ1) is 8.91. The molecule has 1 saturated heterocycles. The van der Waals surface area contributed by atoms with Crippen LogP contribution < -0.4 is 5.73 Å². The normalized spacial score (nSPS) is 38.4. The maximum absolute atomic E-state index is 6.03. The molecule has 3 heteroatoms. The first-order valence-electron chi connectivity index (χ1n) is 7.97. The van der Waals surface area contributed by atoms with Crippen molar-refractivity contribution in [2.24, 2.45) is 23.0 Å². The molecule has 0 aromatic carbocycles. The van der Waals surface area contributed by atoms with E-state index >= 15 is 0 Å². The van der Waals surface area contributed by atoms with E-state index in [-0.39, 0.29) is 0 Å². The van der Waals surface area contributed by atoms with Crippen LogP contribution >= 0.6 is 0 Å². The highest BCUT2D eigenvalue weighted by molar-refractivity contribution is 4.92. The van der Waals surface area contributed by atoms with Gasteiger partial charge in [-0.15, -0.1) is 0 Å². The minimum absolute atomic E-state index is 0.377. The highest BCUT2D eigenvalue weighted by Gasteiger charge is 2.38. The minimum atomic E-state index is 0.377. The van der Waals surface area contributed by atoms with Gasteiger partial charge in [-0.3, -0.25) is 4.90 Å². The molecular formula is C16H32N2O. The molecule has 0 amide bonds. The molecule has 4 atom stereocenters. The topological polar surface area (TPSA) is 38.5 Å². The van der Waals surface area contributed by atoms with Gasteiger partial charge in [0.2, 0.25) is 0 Å². The maximum Gasteiger partial charge on any atom is 0.0674 e. The molecule has 2 fully saturated rings. The Hall–Kier alpha value is -0.120. The Morgan fingerprint density at radius 3 is 2.58 bits per heavy atom. The molecule has 2 rings (SSSR count). The fraction of sp³-hybridized carbons (Fsp3) is 1.00. The Labute approximate surface area is 118 Å². The third kappa shape index (κ3) is 3.71. The van der Waals surface area contributed by atoms with Gasteiger partial charge in [0, 0.05) is 19.1 Å². The summed E-state index contributed by atoms with van der Waals surface area (Å²) in [7, 11) is 0. The van der Waals surface area contributed by atoms with Crippen molar-refractivity contribution in [3.63, 3.8) is 0 Å². The highest BCUT2D eigenvalue weighted by atomic mass is 16.5. The molecule has 1 aliphatic heterocycles. The largest absolute Gasteiger partial charge is 0.376 e. The first-order valence-corrected chi connectivity index (χ1v) is 7.97. The van der Waals surface area contributed by atoms with Gasteiger partial charge in [0.15, 0.2) is 0 Å². The summed E-state index contributed by atoms with van der Waals surface area (Å²) < 4.78 is 5.69. The SMILES string of the molecule is CC1CN(C2CC(C(C)(C)C)CCC2CN)CCO1. The predicted molar refractivity (Wildman–Crippen MR) is 80.1 cm³/mol. The Morgan fingerprint density at radius 1 is 1.26 bits per heavy atom. The molecule has 0 radical (unpaired) electrons. The van der Waals surface area contributed by atoms with Crippen molar-refractivity contribution in [2.45, 2.75) is 59.1 Å².